The number of aromatic amines is 1. The lowest BCUT2D eigenvalue weighted by atomic mass is 10.1. The average Bonchev–Trinajstić information content (AvgIpc) is 3.38. The Hall–Kier alpha value is -4.57. The Morgan fingerprint density at radius 1 is 1.00 bits per heavy atom. The van der Waals surface area contributed by atoms with Gasteiger partial charge < -0.3 is 19.5 Å². The second-order valence-corrected chi connectivity index (χ2v) is 9.43. The highest BCUT2D eigenvalue weighted by atomic mass is 19.1. The molecule has 1 N–H and O–H groups in total. The smallest absolute Gasteiger partial charge is 0.270 e. The lowest BCUT2D eigenvalue weighted by molar-refractivity contribution is -0.384. The van der Waals surface area contributed by atoms with Gasteiger partial charge in [-0.3, -0.25) is 19.7 Å². The van der Waals surface area contributed by atoms with Crippen LogP contribution in [0.15, 0.2) is 79.0 Å². The first-order valence-electron chi connectivity index (χ1n) is 13.0. The molecule has 2 amide bonds. The normalized spacial score (nSPS) is 10.9. The van der Waals surface area contributed by atoms with Gasteiger partial charge in [0.1, 0.15) is 12.4 Å². The number of H-pyrrole nitrogens is 1. The van der Waals surface area contributed by atoms with Crippen molar-refractivity contribution in [2.45, 2.75) is 19.4 Å². The number of hydrogen-bond acceptors (Lipinski definition) is 5. The molecule has 3 aromatic carbocycles. The highest BCUT2D eigenvalue weighted by molar-refractivity contribution is 5.97. The van der Waals surface area contributed by atoms with E-state index in [-0.39, 0.29) is 42.6 Å². The minimum Gasteiger partial charge on any atom is -0.385 e. The Labute approximate surface area is 231 Å². The number of nitro groups is 1. The van der Waals surface area contributed by atoms with E-state index < -0.39 is 10.8 Å². The molecule has 0 radical (unpaired) electrons. The monoisotopic (exact) mass is 546 g/mol. The third-order valence-corrected chi connectivity index (χ3v) is 6.66. The van der Waals surface area contributed by atoms with Crippen LogP contribution in [0.1, 0.15) is 27.9 Å². The SMILES string of the molecule is COCCCN(CC(=O)N(CCc1c[nH]c2ccccc12)Cc1ccc(F)cc1)C(=O)c1cccc([N+](=O)[O-])c1. The van der Waals surface area contributed by atoms with E-state index in [4.69, 9.17) is 4.74 Å². The lowest BCUT2D eigenvalue weighted by Crippen LogP contribution is -2.44. The van der Waals surface area contributed by atoms with Gasteiger partial charge in [0.05, 0.1) is 4.92 Å². The first kappa shape index (κ1) is 28.4. The molecule has 0 atom stereocenters. The number of methoxy groups -OCH3 is 1. The van der Waals surface area contributed by atoms with Crippen LogP contribution in [0.4, 0.5) is 10.1 Å². The molecule has 10 heteroatoms. The summed E-state index contributed by atoms with van der Waals surface area (Å²) < 4.78 is 18.7. The van der Waals surface area contributed by atoms with Crippen molar-refractivity contribution in [2.75, 3.05) is 33.4 Å². The number of para-hydroxylation sites is 1. The molecule has 4 aromatic rings. The number of hydrogen-bond donors (Lipinski definition) is 1. The Morgan fingerprint density at radius 2 is 1.77 bits per heavy atom. The summed E-state index contributed by atoms with van der Waals surface area (Å²) in [5, 5.41) is 12.3. The topological polar surface area (TPSA) is 109 Å². The molecule has 0 unspecified atom stereocenters. The van der Waals surface area contributed by atoms with Crippen LogP contribution in [0.3, 0.4) is 0 Å². The minimum absolute atomic E-state index is 0.128. The van der Waals surface area contributed by atoms with Gasteiger partial charge in [-0.1, -0.05) is 36.4 Å². The summed E-state index contributed by atoms with van der Waals surface area (Å²) in [4.78, 5) is 44.1. The van der Waals surface area contributed by atoms with Gasteiger partial charge in [-0.05, 0) is 48.2 Å². The summed E-state index contributed by atoms with van der Waals surface area (Å²) in [5.41, 5.74) is 2.73. The number of nitro benzene ring substituents is 1. The van der Waals surface area contributed by atoms with Crippen LogP contribution in [-0.2, 0) is 22.5 Å². The van der Waals surface area contributed by atoms with Gasteiger partial charge in [0.25, 0.3) is 11.6 Å². The largest absolute Gasteiger partial charge is 0.385 e. The van der Waals surface area contributed by atoms with Crippen LogP contribution in [0.25, 0.3) is 10.9 Å². The Morgan fingerprint density at radius 3 is 2.52 bits per heavy atom. The van der Waals surface area contributed by atoms with E-state index in [9.17, 15) is 24.1 Å². The van der Waals surface area contributed by atoms with Crippen LogP contribution in [0.2, 0.25) is 0 Å². The van der Waals surface area contributed by atoms with Crippen molar-refractivity contribution >= 4 is 28.4 Å². The molecule has 1 aromatic heterocycles. The van der Waals surface area contributed by atoms with Gasteiger partial charge >= 0.3 is 0 Å². The fourth-order valence-corrected chi connectivity index (χ4v) is 4.55. The van der Waals surface area contributed by atoms with Gasteiger partial charge in [0.15, 0.2) is 0 Å². The molecule has 208 valence electrons. The summed E-state index contributed by atoms with van der Waals surface area (Å²) >= 11 is 0. The number of amides is 2. The van der Waals surface area contributed by atoms with Crippen molar-refractivity contribution in [2.24, 2.45) is 0 Å². The molecule has 4 rings (SSSR count). The summed E-state index contributed by atoms with van der Waals surface area (Å²) in [6.07, 6.45) is 2.98. The number of carbonyl (C=O) groups is 2. The maximum Gasteiger partial charge on any atom is 0.270 e. The molecule has 0 fully saturated rings. The predicted octanol–water partition coefficient (Wildman–Crippen LogP) is 4.97. The maximum atomic E-state index is 13.7. The van der Waals surface area contributed by atoms with E-state index in [0.29, 0.717) is 26.0 Å². The fourth-order valence-electron chi connectivity index (χ4n) is 4.55. The number of halogens is 1. The van der Waals surface area contributed by atoms with Gasteiger partial charge in [-0.25, -0.2) is 4.39 Å². The number of nitrogens with zero attached hydrogens (tertiary/aromatic N) is 3. The Bertz CT molecular complexity index is 1470. The van der Waals surface area contributed by atoms with Crippen molar-refractivity contribution in [3.05, 3.63) is 112 Å². The number of fused-ring (bicyclic) bond motifs is 1. The molecule has 0 saturated heterocycles. The van der Waals surface area contributed by atoms with Crippen LogP contribution >= 0.6 is 0 Å². The van der Waals surface area contributed by atoms with E-state index in [1.165, 1.54) is 41.3 Å². The van der Waals surface area contributed by atoms with Gasteiger partial charge in [-0.2, -0.15) is 0 Å². The van der Waals surface area contributed by atoms with Crippen LogP contribution < -0.4 is 0 Å². The van der Waals surface area contributed by atoms with Crippen molar-refractivity contribution in [3.63, 3.8) is 0 Å². The Balaban J connectivity index is 1.56. The molecule has 9 nitrogen and oxygen atoms in total. The summed E-state index contributed by atoms with van der Waals surface area (Å²) in [6, 6.07) is 19.3. The molecule has 0 aliphatic heterocycles. The molecular formula is C30H31FN4O5. The number of rotatable bonds is 13. The molecular weight excluding hydrogens is 515 g/mol. The molecule has 0 aliphatic carbocycles. The van der Waals surface area contributed by atoms with Crippen LogP contribution in [-0.4, -0.2) is 64.9 Å². The summed E-state index contributed by atoms with van der Waals surface area (Å²) in [6.45, 7) is 0.994. The zero-order valence-corrected chi connectivity index (χ0v) is 22.2. The number of ether oxygens (including phenoxy) is 1. The first-order valence-corrected chi connectivity index (χ1v) is 13.0. The van der Waals surface area contributed by atoms with Crippen molar-refractivity contribution in [3.8, 4) is 0 Å². The highest BCUT2D eigenvalue weighted by Crippen LogP contribution is 2.20. The fraction of sp³-hybridized carbons (Fsp3) is 0.267. The quantitative estimate of drug-likeness (QED) is 0.145. The van der Waals surface area contributed by atoms with E-state index in [1.54, 1.807) is 24.1 Å². The number of aromatic nitrogens is 1. The van der Waals surface area contributed by atoms with E-state index in [0.717, 1.165) is 22.0 Å². The number of nitrogens with one attached hydrogen (secondary N) is 1. The summed E-state index contributed by atoms with van der Waals surface area (Å²) in [5.74, 6) is -1.14. The first-order chi connectivity index (χ1) is 19.4. The van der Waals surface area contributed by atoms with Crippen molar-refractivity contribution in [1.29, 1.82) is 0 Å². The summed E-state index contributed by atoms with van der Waals surface area (Å²) in [7, 11) is 1.55. The van der Waals surface area contributed by atoms with Crippen LogP contribution in [0.5, 0.6) is 0 Å². The lowest BCUT2D eigenvalue weighted by Gasteiger charge is -2.28. The molecule has 0 aliphatic rings. The van der Waals surface area contributed by atoms with Crippen LogP contribution in [0, 0.1) is 15.9 Å². The highest BCUT2D eigenvalue weighted by Gasteiger charge is 2.24. The van der Waals surface area contributed by atoms with E-state index in [2.05, 4.69) is 4.98 Å². The van der Waals surface area contributed by atoms with Crippen molar-refractivity contribution < 1.29 is 23.6 Å². The number of benzene rings is 3. The van der Waals surface area contributed by atoms with Crippen molar-refractivity contribution in [1.82, 2.24) is 14.8 Å². The third-order valence-electron chi connectivity index (χ3n) is 6.66. The molecule has 40 heavy (non-hydrogen) atoms. The Kier molecular flexibility index (Phi) is 9.58. The zero-order chi connectivity index (χ0) is 28.5. The van der Waals surface area contributed by atoms with Gasteiger partial charge in [0, 0.05) is 68.1 Å². The second-order valence-electron chi connectivity index (χ2n) is 9.43. The maximum absolute atomic E-state index is 13.7. The third kappa shape index (κ3) is 7.29. The second kappa shape index (κ2) is 13.5. The molecule has 0 saturated carbocycles. The standard InChI is InChI=1S/C30H31FN4O5/c1-40-17-5-15-34(30(37)23-6-4-7-26(18-23)35(38)39)21-29(36)33(20-22-10-12-25(31)13-11-22)16-14-24-19-32-28-9-3-2-8-27(24)28/h2-4,6-13,18-19,32H,5,14-17,20-21H2,1H3. The van der Waals surface area contributed by atoms with Gasteiger partial charge in [0.2, 0.25) is 5.91 Å². The minimum atomic E-state index is -0.563. The molecule has 1 heterocycles. The number of carbonyl (C=O) groups excluding carboxylic acids is 2. The van der Waals surface area contributed by atoms with E-state index in [1.807, 2.05) is 30.5 Å². The molecule has 0 bridgehead atoms. The zero-order valence-electron chi connectivity index (χ0n) is 22.2. The van der Waals surface area contributed by atoms with E-state index >= 15 is 0 Å². The average molecular weight is 547 g/mol. The molecule has 0 spiro atoms. The predicted molar refractivity (Wildman–Crippen MR) is 149 cm³/mol. The number of non-ortho nitro benzene ring substituents is 1. The van der Waals surface area contributed by atoms with Gasteiger partial charge in [-0.15, -0.1) is 0 Å².